The number of rotatable bonds is 7. The fourth-order valence-corrected chi connectivity index (χ4v) is 1.79. The summed E-state index contributed by atoms with van der Waals surface area (Å²) in [5.74, 6) is 0. The quantitative estimate of drug-likeness (QED) is 0.728. The van der Waals surface area contributed by atoms with Crippen molar-refractivity contribution < 1.29 is 10.2 Å². The van der Waals surface area contributed by atoms with Crippen LogP contribution < -0.4 is 4.90 Å². The Kier molecular flexibility index (Phi) is 5.97. The van der Waals surface area contributed by atoms with E-state index in [4.69, 9.17) is 10.2 Å². The van der Waals surface area contributed by atoms with E-state index in [1.807, 2.05) is 31.1 Å². The lowest BCUT2D eigenvalue weighted by Crippen LogP contribution is -2.29. The summed E-state index contributed by atoms with van der Waals surface area (Å²) in [6.45, 7) is 2.21. The summed E-state index contributed by atoms with van der Waals surface area (Å²) < 4.78 is 0. The van der Waals surface area contributed by atoms with E-state index in [9.17, 15) is 0 Å². The van der Waals surface area contributed by atoms with E-state index >= 15 is 0 Å². The van der Waals surface area contributed by atoms with Gasteiger partial charge in [-0.3, -0.25) is 0 Å². The molecule has 0 bridgehead atoms. The van der Waals surface area contributed by atoms with Crippen molar-refractivity contribution in [1.82, 2.24) is 4.90 Å². The Labute approximate surface area is 103 Å². The van der Waals surface area contributed by atoms with Crippen molar-refractivity contribution in [3.8, 4) is 0 Å². The molecule has 1 aromatic carbocycles. The lowest BCUT2D eigenvalue weighted by atomic mass is 10.2. The third-order valence-electron chi connectivity index (χ3n) is 2.54. The number of hydrogen-bond acceptors (Lipinski definition) is 4. The Hall–Kier alpha value is -1.10. The number of hydrogen-bond donors (Lipinski definition) is 2. The molecule has 0 atom stereocenters. The zero-order valence-electron chi connectivity index (χ0n) is 10.6. The van der Waals surface area contributed by atoms with Crippen LogP contribution in [0.25, 0.3) is 0 Å². The zero-order chi connectivity index (χ0) is 12.7. The lowest BCUT2D eigenvalue weighted by Gasteiger charge is -2.23. The maximum absolute atomic E-state index is 8.97. The maximum Gasteiger partial charge on any atom is 0.0606 e. The third kappa shape index (κ3) is 4.73. The number of nitrogens with zero attached hydrogens (tertiary/aromatic N) is 2. The van der Waals surface area contributed by atoms with Crippen LogP contribution >= 0.6 is 0 Å². The summed E-state index contributed by atoms with van der Waals surface area (Å²) in [6, 6.07) is 8.22. The van der Waals surface area contributed by atoms with E-state index in [2.05, 4.69) is 17.0 Å². The van der Waals surface area contributed by atoms with E-state index in [1.165, 1.54) is 5.56 Å². The molecule has 0 saturated carbocycles. The van der Waals surface area contributed by atoms with Crippen LogP contribution in [0.2, 0.25) is 0 Å². The van der Waals surface area contributed by atoms with Crippen LogP contribution in [0.4, 0.5) is 5.69 Å². The molecule has 4 nitrogen and oxygen atoms in total. The third-order valence-corrected chi connectivity index (χ3v) is 2.54. The molecular formula is C13H22N2O2. The largest absolute Gasteiger partial charge is 0.395 e. The number of aliphatic hydroxyl groups is 2. The molecule has 0 radical (unpaired) electrons. The number of benzene rings is 1. The van der Waals surface area contributed by atoms with Gasteiger partial charge in [0.1, 0.15) is 0 Å². The second kappa shape index (κ2) is 7.27. The molecule has 1 rings (SSSR count). The first-order chi connectivity index (χ1) is 8.17. The molecule has 2 N–H and O–H groups in total. The Morgan fingerprint density at radius 1 is 0.941 bits per heavy atom. The molecule has 0 spiro atoms. The summed E-state index contributed by atoms with van der Waals surface area (Å²) >= 11 is 0. The minimum absolute atomic E-state index is 0.0967. The van der Waals surface area contributed by atoms with Crippen LogP contribution in [0, 0.1) is 0 Å². The fraction of sp³-hybridized carbons (Fsp3) is 0.538. The van der Waals surface area contributed by atoms with Crippen LogP contribution in [-0.4, -0.2) is 55.5 Å². The van der Waals surface area contributed by atoms with Crippen LogP contribution in [0.3, 0.4) is 0 Å². The van der Waals surface area contributed by atoms with Gasteiger partial charge in [0.2, 0.25) is 0 Å². The Bertz CT molecular complexity index is 306. The van der Waals surface area contributed by atoms with Crippen LogP contribution in [0.5, 0.6) is 0 Å². The Morgan fingerprint density at radius 3 is 1.88 bits per heavy atom. The predicted molar refractivity (Wildman–Crippen MR) is 70.2 cm³/mol. The van der Waals surface area contributed by atoms with E-state index in [1.54, 1.807) is 0 Å². The molecule has 0 heterocycles. The van der Waals surface area contributed by atoms with Gasteiger partial charge in [-0.1, -0.05) is 12.1 Å². The average Bonchev–Trinajstić information content (AvgIpc) is 2.29. The molecule has 4 heteroatoms. The Morgan fingerprint density at radius 2 is 1.47 bits per heavy atom. The summed E-state index contributed by atoms with van der Waals surface area (Å²) in [5, 5.41) is 17.9. The molecule has 0 aromatic heterocycles. The highest BCUT2D eigenvalue weighted by Crippen LogP contribution is 2.15. The normalized spacial score (nSPS) is 10.9. The van der Waals surface area contributed by atoms with Gasteiger partial charge in [0.15, 0.2) is 0 Å². The van der Waals surface area contributed by atoms with Crippen LogP contribution in [-0.2, 0) is 6.54 Å². The first-order valence-corrected chi connectivity index (χ1v) is 5.87. The second-order valence-corrected chi connectivity index (χ2v) is 4.34. The average molecular weight is 238 g/mol. The van der Waals surface area contributed by atoms with Crippen molar-refractivity contribution in [1.29, 1.82) is 0 Å². The van der Waals surface area contributed by atoms with Gasteiger partial charge in [-0.15, -0.1) is 0 Å². The summed E-state index contributed by atoms with van der Waals surface area (Å²) in [7, 11) is 4.08. The molecule has 17 heavy (non-hydrogen) atoms. The maximum atomic E-state index is 8.97. The minimum atomic E-state index is 0.0967. The number of aliphatic hydroxyl groups excluding tert-OH is 2. The summed E-state index contributed by atoms with van der Waals surface area (Å²) in [6.07, 6.45) is 0. The molecule has 0 unspecified atom stereocenters. The van der Waals surface area contributed by atoms with E-state index < -0.39 is 0 Å². The van der Waals surface area contributed by atoms with Crippen molar-refractivity contribution in [2.45, 2.75) is 6.54 Å². The smallest absolute Gasteiger partial charge is 0.0606 e. The molecule has 0 fully saturated rings. The van der Waals surface area contributed by atoms with Gasteiger partial charge in [-0.25, -0.2) is 0 Å². The van der Waals surface area contributed by atoms with Gasteiger partial charge in [0, 0.05) is 25.3 Å². The van der Waals surface area contributed by atoms with Gasteiger partial charge >= 0.3 is 0 Å². The standard InChI is InChI=1S/C13H22N2O2/c1-14(2)11-12-3-5-13(6-4-12)15(7-9-16)8-10-17/h3-6,16-17H,7-11H2,1-2H3. The van der Waals surface area contributed by atoms with Gasteiger partial charge in [-0.05, 0) is 31.8 Å². The highest BCUT2D eigenvalue weighted by atomic mass is 16.3. The second-order valence-electron chi connectivity index (χ2n) is 4.34. The van der Waals surface area contributed by atoms with Gasteiger partial charge in [0.05, 0.1) is 13.2 Å². The first kappa shape index (κ1) is 14.0. The van der Waals surface area contributed by atoms with Crippen molar-refractivity contribution in [3.63, 3.8) is 0 Å². The van der Waals surface area contributed by atoms with Crippen molar-refractivity contribution in [2.24, 2.45) is 0 Å². The number of anilines is 1. The molecule has 0 amide bonds. The van der Waals surface area contributed by atoms with Gasteiger partial charge in [-0.2, -0.15) is 0 Å². The monoisotopic (exact) mass is 238 g/mol. The molecule has 96 valence electrons. The van der Waals surface area contributed by atoms with Crippen molar-refractivity contribution in [2.75, 3.05) is 45.3 Å². The molecule has 1 aromatic rings. The van der Waals surface area contributed by atoms with Crippen LogP contribution in [0.15, 0.2) is 24.3 Å². The molecule has 0 aliphatic heterocycles. The van der Waals surface area contributed by atoms with E-state index in [0.717, 1.165) is 12.2 Å². The van der Waals surface area contributed by atoms with Crippen LogP contribution in [0.1, 0.15) is 5.56 Å². The fourth-order valence-electron chi connectivity index (χ4n) is 1.79. The zero-order valence-corrected chi connectivity index (χ0v) is 10.6. The summed E-state index contributed by atoms with van der Waals surface area (Å²) in [4.78, 5) is 4.09. The molecular weight excluding hydrogens is 216 g/mol. The molecule has 0 aliphatic carbocycles. The SMILES string of the molecule is CN(C)Cc1ccc(N(CCO)CCO)cc1. The van der Waals surface area contributed by atoms with Gasteiger partial charge < -0.3 is 20.0 Å². The topological polar surface area (TPSA) is 46.9 Å². The highest BCUT2D eigenvalue weighted by molar-refractivity contribution is 5.47. The van der Waals surface area contributed by atoms with Crippen molar-refractivity contribution >= 4 is 5.69 Å². The predicted octanol–water partition coefficient (Wildman–Crippen LogP) is 0.539. The first-order valence-electron chi connectivity index (χ1n) is 5.87. The highest BCUT2D eigenvalue weighted by Gasteiger charge is 2.05. The van der Waals surface area contributed by atoms with Gasteiger partial charge in [0.25, 0.3) is 0 Å². The van der Waals surface area contributed by atoms with E-state index in [-0.39, 0.29) is 13.2 Å². The lowest BCUT2D eigenvalue weighted by molar-refractivity contribution is 0.281. The molecule has 0 saturated heterocycles. The molecule has 0 aliphatic rings. The van der Waals surface area contributed by atoms with Crippen molar-refractivity contribution in [3.05, 3.63) is 29.8 Å². The van der Waals surface area contributed by atoms with E-state index in [0.29, 0.717) is 13.1 Å². The Balaban J connectivity index is 2.69. The summed E-state index contributed by atoms with van der Waals surface area (Å²) in [5.41, 5.74) is 2.29. The minimum Gasteiger partial charge on any atom is -0.395 e.